The molecule has 0 saturated heterocycles. The number of nitrogens with zero attached hydrogens (tertiary/aromatic N) is 1. The van der Waals surface area contributed by atoms with Crippen LogP contribution in [0.2, 0.25) is 0 Å². The molecule has 0 unspecified atom stereocenters. The first-order valence-corrected chi connectivity index (χ1v) is 8.37. The van der Waals surface area contributed by atoms with Crippen molar-refractivity contribution in [2.24, 2.45) is 5.92 Å². The molecule has 1 aromatic heterocycles. The van der Waals surface area contributed by atoms with Gasteiger partial charge in [-0.2, -0.15) is 5.10 Å². The molecule has 1 aromatic rings. The molecule has 1 heterocycles. The quantitative estimate of drug-likeness (QED) is 0.706. The van der Waals surface area contributed by atoms with Gasteiger partial charge in [-0.3, -0.25) is 9.89 Å². The Morgan fingerprint density at radius 3 is 2.67 bits per heavy atom. The number of hydrogen-bond acceptors (Lipinski definition) is 3. The van der Waals surface area contributed by atoms with Gasteiger partial charge in [0, 0.05) is 17.7 Å². The SMILES string of the molecule is O=C(CNCC1CC1)Nc1cc(C2CCCCCC2)[nH]n1. The van der Waals surface area contributed by atoms with E-state index in [1.165, 1.54) is 57.1 Å². The van der Waals surface area contributed by atoms with Gasteiger partial charge < -0.3 is 10.6 Å². The zero-order valence-corrected chi connectivity index (χ0v) is 12.7. The van der Waals surface area contributed by atoms with E-state index in [0.29, 0.717) is 18.3 Å². The van der Waals surface area contributed by atoms with Gasteiger partial charge >= 0.3 is 0 Å². The van der Waals surface area contributed by atoms with Crippen LogP contribution in [0.3, 0.4) is 0 Å². The molecule has 2 fully saturated rings. The molecule has 0 aromatic carbocycles. The minimum atomic E-state index is -0.00503. The molecule has 3 rings (SSSR count). The van der Waals surface area contributed by atoms with Gasteiger partial charge in [-0.1, -0.05) is 25.7 Å². The second-order valence-electron chi connectivity index (χ2n) is 6.52. The molecule has 1 amide bonds. The number of aromatic amines is 1. The lowest BCUT2D eigenvalue weighted by Gasteiger charge is -2.10. The fraction of sp³-hybridized carbons (Fsp3) is 0.750. The molecule has 5 heteroatoms. The van der Waals surface area contributed by atoms with E-state index in [0.717, 1.165) is 12.5 Å². The van der Waals surface area contributed by atoms with Gasteiger partial charge in [0.05, 0.1) is 6.54 Å². The molecule has 21 heavy (non-hydrogen) atoms. The maximum Gasteiger partial charge on any atom is 0.239 e. The Balaban J connectivity index is 1.45. The van der Waals surface area contributed by atoms with Gasteiger partial charge in [-0.25, -0.2) is 0 Å². The van der Waals surface area contributed by atoms with Crippen molar-refractivity contribution in [3.63, 3.8) is 0 Å². The van der Waals surface area contributed by atoms with Crippen molar-refractivity contribution in [1.29, 1.82) is 0 Å². The van der Waals surface area contributed by atoms with Crippen LogP contribution in [0, 0.1) is 5.92 Å². The maximum atomic E-state index is 11.8. The Kier molecular flexibility index (Phi) is 4.91. The van der Waals surface area contributed by atoms with Crippen LogP contribution in [-0.2, 0) is 4.79 Å². The number of nitrogens with one attached hydrogen (secondary N) is 3. The second-order valence-corrected chi connectivity index (χ2v) is 6.52. The molecule has 2 aliphatic rings. The van der Waals surface area contributed by atoms with Crippen LogP contribution in [0.15, 0.2) is 6.07 Å². The van der Waals surface area contributed by atoms with E-state index in [9.17, 15) is 4.79 Å². The summed E-state index contributed by atoms with van der Waals surface area (Å²) < 4.78 is 0. The first kappa shape index (κ1) is 14.6. The summed E-state index contributed by atoms with van der Waals surface area (Å²) in [5.41, 5.74) is 1.18. The Bertz CT molecular complexity index is 459. The molecule has 5 nitrogen and oxygen atoms in total. The monoisotopic (exact) mass is 290 g/mol. The van der Waals surface area contributed by atoms with Crippen molar-refractivity contribution in [1.82, 2.24) is 15.5 Å². The zero-order chi connectivity index (χ0) is 14.5. The predicted molar refractivity (Wildman–Crippen MR) is 83.3 cm³/mol. The third kappa shape index (κ3) is 4.56. The maximum absolute atomic E-state index is 11.8. The molecule has 0 radical (unpaired) electrons. The molecule has 0 aliphatic heterocycles. The summed E-state index contributed by atoms with van der Waals surface area (Å²) in [6.45, 7) is 1.34. The van der Waals surface area contributed by atoms with Gasteiger partial charge in [0.1, 0.15) is 0 Å². The van der Waals surface area contributed by atoms with E-state index in [1.807, 2.05) is 6.07 Å². The summed E-state index contributed by atoms with van der Waals surface area (Å²) in [6, 6.07) is 2.01. The number of hydrogen-bond donors (Lipinski definition) is 3. The fourth-order valence-electron chi connectivity index (χ4n) is 3.10. The number of aromatic nitrogens is 2. The first-order chi connectivity index (χ1) is 10.3. The van der Waals surface area contributed by atoms with Gasteiger partial charge in [0.15, 0.2) is 5.82 Å². The van der Waals surface area contributed by atoms with Gasteiger partial charge in [0.25, 0.3) is 0 Å². The standard InChI is InChI=1S/C16H26N4O/c21-16(11-17-10-12-7-8-12)18-15-9-14(19-20-15)13-5-3-1-2-4-6-13/h9,12-13,17H,1-8,10-11H2,(H2,18,19,20,21). The average Bonchev–Trinajstić information content (AvgIpc) is 3.24. The van der Waals surface area contributed by atoms with E-state index in [4.69, 9.17) is 0 Å². The third-order valence-corrected chi connectivity index (χ3v) is 4.58. The highest BCUT2D eigenvalue weighted by atomic mass is 16.2. The largest absolute Gasteiger partial charge is 0.308 e. The van der Waals surface area contributed by atoms with Gasteiger partial charge in [-0.05, 0) is 38.1 Å². The molecule has 0 spiro atoms. The second kappa shape index (κ2) is 7.07. The van der Waals surface area contributed by atoms with E-state index >= 15 is 0 Å². The summed E-state index contributed by atoms with van der Waals surface area (Å²) in [7, 11) is 0. The lowest BCUT2D eigenvalue weighted by molar-refractivity contribution is -0.115. The minimum Gasteiger partial charge on any atom is -0.308 e. The smallest absolute Gasteiger partial charge is 0.239 e. The summed E-state index contributed by atoms with van der Waals surface area (Å²) in [5.74, 6) is 2.03. The molecule has 0 bridgehead atoms. The van der Waals surface area contributed by atoms with Crippen molar-refractivity contribution in [2.45, 2.75) is 57.3 Å². The summed E-state index contributed by atoms with van der Waals surface area (Å²) in [5, 5.41) is 13.4. The highest BCUT2D eigenvalue weighted by Gasteiger charge is 2.21. The highest BCUT2D eigenvalue weighted by molar-refractivity contribution is 5.91. The lowest BCUT2D eigenvalue weighted by Crippen LogP contribution is -2.29. The summed E-state index contributed by atoms with van der Waals surface area (Å²) >= 11 is 0. The number of H-pyrrole nitrogens is 1. The van der Waals surface area contributed by atoms with Crippen LogP contribution >= 0.6 is 0 Å². The van der Waals surface area contributed by atoms with E-state index < -0.39 is 0 Å². The third-order valence-electron chi connectivity index (χ3n) is 4.58. The normalized spacial score (nSPS) is 20.2. The van der Waals surface area contributed by atoms with E-state index in [-0.39, 0.29) is 5.91 Å². The van der Waals surface area contributed by atoms with Crippen molar-refractivity contribution < 1.29 is 4.79 Å². The Labute approximate surface area is 126 Å². The van der Waals surface area contributed by atoms with Crippen LogP contribution in [0.1, 0.15) is 63.0 Å². The Hall–Kier alpha value is -1.36. The molecular formula is C16H26N4O. The van der Waals surface area contributed by atoms with Crippen LogP contribution in [-0.4, -0.2) is 29.2 Å². The molecule has 116 valence electrons. The number of rotatable bonds is 6. The van der Waals surface area contributed by atoms with Crippen molar-refractivity contribution in [3.05, 3.63) is 11.8 Å². The molecule has 3 N–H and O–H groups in total. The topological polar surface area (TPSA) is 69.8 Å². The number of anilines is 1. The van der Waals surface area contributed by atoms with Gasteiger partial charge in [0.2, 0.25) is 5.91 Å². The fourth-order valence-corrected chi connectivity index (χ4v) is 3.10. The molecule has 0 atom stereocenters. The van der Waals surface area contributed by atoms with Crippen LogP contribution in [0.4, 0.5) is 5.82 Å². The Morgan fingerprint density at radius 2 is 1.95 bits per heavy atom. The number of carbonyl (C=O) groups is 1. The summed E-state index contributed by atoms with van der Waals surface area (Å²) in [6.07, 6.45) is 10.4. The molecule has 2 aliphatic carbocycles. The number of carbonyl (C=O) groups excluding carboxylic acids is 1. The van der Waals surface area contributed by atoms with Crippen molar-refractivity contribution >= 4 is 11.7 Å². The summed E-state index contributed by atoms with van der Waals surface area (Å²) in [4.78, 5) is 11.8. The molecular weight excluding hydrogens is 264 g/mol. The van der Waals surface area contributed by atoms with Crippen LogP contribution in [0.5, 0.6) is 0 Å². The predicted octanol–water partition coefficient (Wildman–Crippen LogP) is 2.79. The highest BCUT2D eigenvalue weighted by Crippen LogP contribution is 2.31. The molecule has 2 saturated carbocycles. The average molecular weight is 290 g/mol. The number of amides is 1. The zero-order valence-electron chi connectivity index (χ0n) is 12.7. The van der Waals surface area contributed by atoms with Gasteiger partial charge in [-0.15, -0.1) is 0 Å². The van der Waals surface area contributed by atoms with Crippen LogP contribution in [0.25, 0.3) is 0 Å². The minimum absolute atomic E-state index is 0.00503. The van der Waals surface area contributed by atoms with Crippen molar-refractivity contribution in [3.8, 4) is 0 Å². The van der Waals surface area contributed by atoms with Crippen LogP contribution < -0.4 is 10.6 Å². The first-order valence-electron chi connectivity index (χ1n) is 8.37. The van der Waals surface area contributed by atoms with Crippen molar-refractivity contribution in [2.75, 3.05) is 18.4 Å². The lowest BCUT2D eigenvalue weighted by atomic mass is 9.97. The Morgan fingerprint density at radius 1 is 1.19 bits per heavy atom. The van der Waals surface area contributed by atoms with E-state index in [2.05, 4.69) is 20.8 Å². The van der Waals surface area contributed by atoms with E-state index in [1.54, 1.807) is 0 Å².